The zero-order valence-corrected chi connectivity index (χ0v) is 9.14. The van der Waals surface area contributed by atoms with E-state index in [0.29, 0.717) is 22.7 Å². The second-order valence-electron chi connectivity index (χ2n) is 3.86. The lowest BCUT2D eigenvalue weighted by atomic mass is 10.2. The van der Waals surface area contributed by atoms with Gasteiger partial charge in [-0.15, -0.1) is 0 Å². The fourth-order valence-corrected chi connectivity index (χ4v) is 1.88. The maximum absolute atomic E-state index is 13.0. The van der Waals surface area contributed by atoms with E-state index in [0.717, 1.165) is 5.39 Å². The third-order valence-electron chi connectivity index (χ3n) is 2.68. The van der Waals surface area contributed by atoms with Crippen molar-refractivity contribution in [2.24, 2.45) is 7.05 Å². The van der Waals surface area contributed by atoms with Gasteiger partial charge in [0.05, 0.1) is 11.9 Å². The molecule has 2 aromatic heterocycles. The molecule has 0 aliphatic rings. The van der Waals surface area contributed by atoms with Crippen LogP contribution in [0.15, 0.2) is 34.9 Å². The van der Waals surface area contributed by atoms with Crippen LogP contribution in [-0.4, -0.2) is 9.78 Å². The molecule has 3 aromatic rings. The summed E-state index contributed by atoms with van der Waals surface area (Å²) in [6.07, 6.45) is 1.56. The third kappa shape index (κ3) is 1.47. The summed E-state index contributed by atoms with van der Waals surface area (Å²) in [4.78, 5) is 0. The minimum Gasteiger partial charge on any atom is -0.454 e. The average Bonchev–Trinajstić information content (AvgIpc) is 2.81. The Morgan fingerprint density at radius 1 is 1.35 bits per heavy atom. The van der Waals surface area contributed by atoms with Crippen LogP contribution in [0.5, 0.6) is 0 Å². The van der Waals surface area contributed by atoms with Crippen molar-refractivity contribution >= 4 is 16.7 Å². The second kappa shape index (κ2) is 3.35. The SMILES string of the molecule is Cn1ncc(N)c1-c1cc2ccc(F)cc2o1. The standard InChI is InChI=1S/C12H10FN3O/c1-16-12(9(14)6-15-16)11-4-7-2-3-8(13)5-10(7)17-11/h2-6H,14H2,1H3. The van der Waals surface area contributed by atoms with E-state index in [9.17, 15) is 4.39 Å². The van der Waals surface area contributed by atoms with Crippen molar-refractivity contribution in [3.8, 4) is 11.5 Å². The Labute approximate surface area is 96.4 Å². The van der Waals surface area contributed by atoms with Crippen molar-refractivity contribution in [2.45, 2.75) is 0 Å². The molecule has 2 N–H and O–H groups in total. The number of benzene rings is 1. The first-order valence-electron chi connectivity index (χ1n) is 5.12. The highest BCUT2D eigenvalue weighted by atomic mass is 19.1. The molecular weight excluding hydrogens is 221 g/mol. The Hall–Kier alpha value is -2.30. The third-order valence-corrected chi connectivity index (χ3v) is 2.68. The van der Waals surface area contributed by atoms with Crippen LogP contribution >= 0.6 is 0 Å². The van der Waals surface area contributed by atoms with Crippen LogP contribution in [-0.2, 0) is 7.05 Å². The van der Waals surface area contributed by atoms with Crippen molar-refractivity contribution in [2.75, 3.05) is 5.73 Å². The van der Waals surface area contributed by atoms with Crippen molar-refractivity contribution in [1.29, 1.82) is 0 Å². The number of rotatable bonds is 1. The largest absolute Gasteiger partial charge is 0.454 e. The Morgan fingerprint density at radius 2 is 2.18 bits per heavy atom. The number of fused-ring (bicyclic) bond motifs is 1. The number of hydrogen-bond donors (Lipinski definition) is 1. The number of aromatic nitrogens is 2. The predicted molar refractivity (Wildman–Crippen MR) is 62.8 cm³/mol. The number of halogens is 1. The second-order valence-corrected chi connectivity index (χ2v) is 3.86. The van der Waals surface area contributed by atoms with Crippen LogP contribution in [0.4, 0.5) is 10.1 Å². The van der Waals surface area contributed by atoms with E-state index < -0.39 is 0 Å². The fraction of sp³-hybridized carbons (Fsp3) is 0.0833. The van der Waals surface area contributed by atoms with Crippen LogP contribution in [0.25, 0.3) is 22.4 Å². The summed E-state index contributed by atoms with van der Waals surface area (Å²) in [5.41, 5.74) is 7.54. The van der Waals surface area contributed by atoms with Crippen molar-refractivity contribution in [3.05, 3.63) is 36.3 Å². The van der Waals surface area contributed by atoms with Gasteiger partial charge < -0.3 is 10.2 Å². The molecule has 0 saturated carbocycles. The molecular formula is C12H10FN3O. The molecule has 0 spiro atoms. The van der Waals surface area contributed by atoms with Crippen LogP contribution < -0.4 is 5.73 Å². The monoisotopic (exact) mass is 231 g/mol. The van der Waals surface area contributed by atoms with Crippen LogP contribution in [0.2, 0.25) is 0 Å². The molecule has 17 heavy (non-hydrogen) atoms. The summed E-state index contributed by atoms with van der Waals surface area (Å²) in [5, 5.41) is 4.87. The molecule has 3 rings (SSSR count). The Kier molecular flexibility index (Phi) is 1.95. The summed E-state index contributed by atoms with van der Waals surface area (Å²) >= 11 is 0. The molecule has 0 atom stereocenters. The normalized spacial score (nSPS) is 11.2. The van der Waals surface area contributed by atoms with Gasteiger partial charge in [0.2, 0.25) is 0 Å². The number of nitrogen functional groups attached to an aromatic ring is 1. The summed E-state index contributed by atoms with van der Waals surface area (Å²) < 4.78 is 20.2. The van der Waals surface area contributed by atoms with Gasteiger partial charge in [0, 0.05) is 18.5 Å². The van der Waals surface area contributed by atoms with E-state index in [2.05, 4.69) is 5.10 Å². The number of hydrogen-bond acceptors (Lipinski definition) is 3. The number of aryl methyl sites for hydroxylation is 1. The zero-order chi connectivity index (χ0) is 12.0. The smallest absolute Gasteiger partial charge is 0.155 e. The van der Waals surface area contributed by atoms with E-state index in [1.54, 1.807) is 24.0 Å². The van der Waals surface area contributed by atoms with Crippen molar-refractivity contribution < 1.29 is 8.81 Å². The molecule has 2 heterocycles. The van der Waals surface area contributed by atoms with E-state index in [4.69, 9.17) is 10.2 Å². The maximum Gasteiger partial charge on any atom is 0.155 e. The first-order chi connectivity index (χ1) is 8.15. The predicted octanol–water partition coefficient (Wildman–Crippen LogP) is 2.55. The summed E-state index contributed by atoms with van der Waals surface area (Å²) in [5.74, 6) is 0.263. The van der Waals surface area contributed by atoms with Gasteiger partial charge in [0.25, 0.3) is 0 Å². The molecule has 86 valence electrons. The lowest BCUT2D eigenvalue weighted by molar-refractivity contribution is 0.601. The molecule has 5 heteroatoms. The van der Waals surface area contributed by atoms with Crippen LogP contribution in [0.1, 0.15) is 0 Å². The molecule has 0 saturated heterocycles. The highest BCUT2D eigenvalue weighted by molar-refractivity contribution is 5.84. The van der Waals surface area contributed by atoms with Crippen LogP contribution in [0, 0.1) is 5.82 Å². The minimum atomic E-state index is -0.323. The number of anilines is 1. The Balaban J connectivity index is 2.25. The maximum atomic E-state index is 13.0. The van der Waals surface area contributed by atoms with E-state index >= 15 is 0 Å². The summed E-state index contributed by atoms with van der Waals surface area (Å²) in [7, 11) is 1.78. The lowest BCUT2D eigenvalue weighted by Gasteiger charge is -1.98. The molecule has 0 unspecified atom stereocenters. The minimum absolute atomic E-state index is 0.323. The van der Waals surface area contributed by atoms with Gasteiger partial charge in [-0.3, -0.25) is 4.68 Å². The molecule has 0 radical (unpaired) electrons. The van der Waals surface area contributed by atoms with Gasteiger partial charge >= 0.3 is 0 Å². The van der Waals surface area contributed by atoms with Crippen molar-refractivity contribution in [3.63, 3.8) is 0 Å². The zero-order valence-electron chi connectivity index (χ0n) is 9.14. The first kappa shape index (κ1) is 9.89. The van der Waals surface area contributed by atoms with Gasteiger partial charge in [-0.05, 0) is 18.2 Å². The molecule has 4 nitrogen and oxygen atoms in total. The number of nitrogens with two attached hydrogens (primary N) is 1. The van der Waals surface area contributed by atoms with Crippen LogP contribution in [0.3, 0.4) is 0 Å². The van der Waals surface area contributed by atoms with Gasteiger partial charge in [-0.1, -0.05) is 0 Å². The number of nitrogens with zero attached hydrogens (tertiary/aromatic N) is 2. The quantitative estimate of drug-likeness (QED) is 0.700. The fourth-order valence-electron chi connectivity index (χ4n) is 1.88. The van der Waals surface area contributed by atoms with E-state index in [1.807, 2.05) is 6.07 Å². The van der Waals surface area contributed by atoms with E-state index in [1.165, 1.54) is 12.1 Å². The van der Waals surface area contributed by atoms with E-state index in [-0.39, 0.29) is 5.82 Å². The molecule has 0 fully saturated rings. The van der Waals surface area contributed by atoms with Crippen molar-refractivity contribution in [1.82, 2.24) is 9.78 Å². The molecule has 0 aliphatic carbocycles. The highest BCUT2D eigenvalue weighted by Crippen LogP contribution is 2.31. The first-order valence-corrected chi connectivity index (χ1v) is 5.12. The molecule has 0 bridgehead atoms. The Morgan fingerprint density at radius 3 is 2.88 bits per heavy atom. The summed E-state index contributed by atoms with van der Waals surface area (Å²) in [6.45, 7) is 0. The van der Waals surface area contributed by atoms with Gasteiger partial charge in [-0.2, -0.15) is 5.10 Å². The summed E-state index contributed by atoms with van der Waals surface area (Å²) in [6, 6.07) is 6.24. The molecule has 0 aliphatic heterocycles. The topological polar surface area (TPSA) is 57.0 Å². The highest BCUT2D eigenvalue weighted by Gasteiger charge is 2.13. The molecule has 0 amide bonds. The number of furan rings is 1. The lowest BCUT2D eigenvalue weighted by Crippen LogP contribution is -1.94. The molecule has 1 aromatic carbocycles. The van der Waals surface area contributed by atoms with Gasteiger partial charge in [0.15, 0.2) is 5.76 Å². The van der Waals surface area contributed by atoms with Gasteiger partial charge in [-0.25, -0.2) is 4.39 Å². The Bertz CT molecular complexity index is 679. The average molecular weight is 231 g/mol. The van der Waals surface area contributed by atoms with Gasteiger partial charge in [0.1, 0.15) is 17.1 Å².